The lowest BCUT2D eigenvalue weighted by atomic mass is 10.1. The Morgan fingerprint density at radius 2 is 1.28 bits per heavy atom. The molecule has 2 aromatic carbocycles. The molecule has 206 valence electrons. The second kappa shape index (κ2) is 13.2. The summed E-state index contributed by atoms with van der Waals surface area (Å²) in [6.45, 7) is 6.80. The minimum Gasteiger partial charge on any atom is -0.464 e. The van der Waals surface area contributed by atoms with Gasteiger partial charge < -0.3 is 24.3 Å². The van der Waals surface area contributed by atoms with Crippen LogP contribution in [0.3, 0.4) is 0 Å². The molecule has 0 spiro atoms. The first-order valence-corrected chi connectivity index (χ1v) is 12.5. The van der Waals surface area contributed by atoms with E-state index in [1.807, 2.05) is 0 Å². The summed E-state index contributed by atoms with van der Waals surface area (Å²) in [6, 6.07) is 10.5. The van der Waals surface area contributed by atoms with E-state index < -0.39 is 35.8 Å². The van der Waals surface area contributed by atoms with Crippen LogP contribution in [-0.2, 0) is 33.3 Å². The van der Waals surface area contributed by atoms with Crippen molar-refractivity contribution in [3.05, 3.63) is 70.9 Å². The monoisotopic (exact) mass is 538 g/mol. The highest BCUT2D eigenvalue weighted by Gasteiger charge is 2.49. The Bertz CT molecular complexity index is 1300. The lowest BCUT2D eigenvalue weighted by molar-refractivity contribution is -0.147. The molecule has 0 saturated carbocycles. The van der Waals surface area contributed by atoms with E-state index in [9.17, 15) is 24.0 Å². The second-order valence-electron chi connectivity index (χ2n) is 8.04. The van der Waals surface area contributed by atoms with Crippen molar-refractivity contribution in [2.75, 3.05) is 36.6 Å². The zero-order valence-corrected chi connectivity index (χ0v) is 22.1. The van der Waals surface area contributed by atoms with Gasteiger partial charge in [-0.15, -0.1) is 0 Å². The maximum absolute atomic E-state index is 13.9. The van der Waals surface area contributed by atoms with E-state index in [1.54, 1.807) is 39.8 Å². The van der Waals surface area contributed by atoms with E-state index in [1.165, 1.54) is 36.4 Å². The van der Waals surface area contributed by atoms with Gasteiger partial charge in [0.1, 0.15) is 11.3 Å². The van der Waals surface area contributed by atoms with Crippen molar-refractivity contribution >= 4 is 41.2 Å². The lowest BCUT2D eigenvalue weighted by Gasteiger charge is -2.25. The molecule has 11 nitrogen and oxygen atoms in total. The van der Waals surface area contributed by atoms with Gasteiger partial charge in [-0.05, 0) is 64.1 Å². The molecule has 3 rings (SSSR count). The molecule has 0 aromatic heterocycles. The molecule has 11 heteroatoms. The molecule has 2 aromatic rings. The highest BCUT2D eigenvalue weighted by molar-refractivity contribution is 6.22. The van der Waals surface area contributed by atoms with Crippen LogP contribution in [0, 0.1) is 0 Å². The number of hydrogen-bond acceptors (Lipinski definition) is 10. The van der Waals surface area contributed by atoms with Gasteiger partial charge in [-0.1, -0.05) is 12.1 Å². The molecule has 0 aliphatic carbocycles. The van der Waals surface area contributed by atoms with Gasteiger partial charge in [-0.25, -0.2) is 19.2 Å². The summed E-state index contributed by atoms with van der Waals surface area (Å²) in [6.07, 6.45) is 0. The maximum Gasteiger partial charge on any atom is 0.339 e. The molecular weight excluding hydrogens is 508 g/mol. The van der Waals surface area contributed by atoms with E-state index in [2.05, 4.69) is 5.32 Å². The van der Waals surface area contributed by atoms with Crippen molar-refractivity contribution in [3.8, 4) is 0 Å². The predicted octanol–water partition coefficient (Wildman–Crippen LogP) is 3.25. The van der Waals surface area contributed by atoms with Crippen LogP contribution in [0.25, 0.3) is 0 Å². The fraction of sp³-hybridized carbons (Fsp3) is 0.321. The van der Waals surface area contributed by atoms with Gasteiger partial charge in [-0.2, -0.15) is 0 Å². The maximum atomic E-state index is 13.9. The van der Waals surface area contributed by atoms with Crippen LogP contribution >= 0.6 is 0 Å². The second-order valence-corrected chi connectivity index (χ2v) is 8.04. The molecule has 0 bridgehead atoms. The fourth-order valence-electron chi connectivity index (χ4n) is 3.95. The quantitative estimate of drug-likeness (QED) is 0.335. The molecule has 1 aliphatic rings. The third kappa shape index (κ3) is 6.43. The van der Waals surface area contributed by atoms with Gasteiger partial charge in [0, 0.05) is 11.4 Å². The highest BCUT2D eigenvalue weighted by Crippen LogP contribution is 2.34. The molecule has 1 N–H and O–H groups in total. The fourth-order valence-corrected chi connectivity index (χ4v) is 3.95. The summed E-state index contributed by atoms with van der Waals surface area (Å²) in [5.41, 5.74) is 0.285. The number of rotatable bonds is 11. The van der Waals surface area contributed by atoms with E-state index in [0.29, 0.717) is 0 Å². The van der Waals surface area contributed by atoms with Crippen molar-refractivity contribution in [1.29, 1.82) is 0 Å². The molecule has 0 saturated heterocycles. The first kappa shape index (κ1) is 28.9. The summed E-state index contributed by atoms with van der Waals surface area (Å²) in [5, 5.41) is 2.88. The first-order valence-electron chi connectivity index (χ1n) is 12.5. The third-order valence-electron chi connectivity index (χ3n) is 5.52. The minimum atomic E-state index is -1.51. The molecule has 0 radical (unpaired) electrons. The zero-order chi connectivity index (χ0) is 28.5. The van der Waals surface area contributed by atoms with Crippen LogP contribution in [0.2, 0.25) is 0 Å². The van der Waals surface area contributed by atoms with Gasteiger partial charge in [-0.3, -0.25) is 9.69 Å². The minimum absolute atomic E-state index is 0.0132. The molecule has 1 amide bonds. The van der Waals surface area contributed by atoms with Crippen LogP contribution in [0.5, 0.6) is 0 Å². The standard InChI is InChI=1S/C28H30N2O9/c1-5-36-25(32)17-11-9-13-19(15-17)29-22-21(27(34)38-7-3)23(28(35)39-8-4)30(24(22)31)20-14-10-12-18(16-20)26(33)37-6-2/h9-16,23,29H,5-8H2,1-4H3. The van der Waals surface area contributed by atoms with E-state index in [0.717, 1.165) is 4.90 Å². The van der Waals surface area contributed by atoms with Crippen molar-refractivity contribution < 1.29 is 42.9 Å². The van der Waals surface area contributed by atoms with E-state index >= 15 is 0 Å². The topological polar surface area (TPSA) is 138 Å². The Labute approximate surface area is 225 Å². The van der Waals surface area contributed by atoms with Crippen LogP contribution in [0.1, 0.15) is 48.4 Å². The Morgan fingerprint density at radius 3 is 1.87 bits per heavy atom. The molecular formula is C28H30N2O9. The van der Waals surface area contributed by atoms with Crippen molar-refractivity contribution in [2.24, 2.45) is 0 Å². The van der Waals surface area contributed by atoms with Crippen LogP contribution in [0.15, 0.2) is 59.8 Å². The number of hydrogen-bond donors (Lipinski definition) is 1. The predicted molar refractivity (Wildman–Crippen MR) is 140 cm³/mol. The molecule has 1 aliphatic heterocycles. The molecule has 1 heterocycles. The number of nitrogens with zero attached hydrogens (tertiary/aromatic N) is 1. The number of nitrogens with one attached hydrogen (secondary N) is 1. The Balaban J connectivity index is 2.14. The third-order valence-corrected chi connectivity index (χ3v) is 5.52. The van der Waals surface area contributed by atoms with Crippen LogP contribution in [-0.4, -0.2) is 62.3 Å². The number of anilines is 2. The number of ether oxygens (including phenoxy) is 4. The van der Waals surface area contributed by atoms with Gasteiger partial charge >= 0.3 is 23.9 Å². The number of carbonyl (C=O) groups is 5. The average molecular weight is 539 g/mol. The zero-order valence-electron chi connectivity index (χ0n) is 22.1. The molecule has 1 atom stereocenters. The molecule has 39 heavy (non-hydrogen) atoms. The normalized spacial score (nSPS) is 14.6. The summed E-state index contributed by atoms with van der Waals surface area (Å²) >= 11 is 0. The summed E-state index contributed by atoms with van der Waals surface area (Å²) in [4.78, 5) is 65.8. The summed E-state index contributed by atoms with van der Waals surface area (Å²) in [5.74, 6) is -3.71. The summed E-state index contributed by atoms with van der Waals surface area (Å²) in [7, 11) is 0. The van der Waals surface area contributed by atoms with E-state index in [4.69, 9.17) is 18.9 Å². The first-order chi connectivity index (χ1) is 18.8. The smallest absolute Gasteiger partial charge is 0.339 e. The lowest BCUT2D eigenvalue weighted by Crippen LogP contribution is -2.44. The van der Waals surface area contributed by atoms with Gasteiger partial charge in [0.05, 0.1) is 37.6 Å². The van der Waals surface area contributed by atoms with E-state index in [-0.39, 0.29) is 60.2 Å². The average Bonchev–Trinajstić information content (AvgIpc) is 3.21. The van der Waals surface area contributed by atoms with Gasteiger partial charge in [0.2, 0.25) is 0 Å². The van der Waals surface area contributed by atoms with Crippen molar-refractivity contribution in [2.45, 2.75) is 33.7 Å². The number of carbonyl (C=O) groups excluding carboxylic acids is 5. The van der Waals surface area contributed by atoms with Crippen LogP contribution in [0.4, 0.5) is 11.4 Å². The van der Waals surface area contributed by atoms with Crippen molar-refractivity contribution in [3.63, 3.8) is 0 Å². The molecule has 1 unspecified atom stereocenters. The number of esters is 4. The summed E-state index contributed by atoms with van der Waals surface area (Å²) < 4.78 is 20.5. The van der Waals surface area contributed by atoms with Gasteiger partial charge in [0.25, 0.3) is 5.91 Å². The SMILES string of the molecule is CCOC(=O)C1=C(Nc2cccc(C(=O)OCC)c2)C(=O)N(c2cccc(C(=O)OCC)c2)C1C(=O)OCC. The number of benzene rings is 2. The largest absolute Gasteiger partial charge is 0.464 e. The Morgan fingerprint density at radius 1 is 0.744 bits per heavy atom. The number of amides is 1. The van der Waals surface area contributed by atoms with Crippen molar-refractivity contribution in [1.82, 2.24) is 0 Å². The Hall–Kier alpha value is -4.67. The Kier molecular flexibility index (Phi) is 9.80. The molecule has 0 fully saturated rings. The van der Waals surface area contributed by atoms with Crippen LogP contribution < -0.4 is 10.2 Å². The highest BCUT2D eigenvalue weighted by atomic mass is 16.5. The van der Waals surface area contributed by atoms with Gasteiger partial charge in [0.15, 0.2) is 6.04 Å².